The van der Waals surface area contributed by atoms with Gasteiger partial charge in [-0.15, -0.1) is 0 Å². The van der Waals surface area contributed by atoms with Gasteiger partial charge in [-0.05, 0) is 17.2 Å². The molecule has 1 aromatic carbocycles. The minimum Gasteiger partial charge on any atom is -0.384 e. The summed E-state index contributed by atoms with van der Waals surface area (Å²) < 4.78 is 0. The van der Waals surface area contributed by atoms with Crippen molar-refractivity contribution in [2.75, 3.05) is 11.9 Å². The van der Waals surface area contributed by atoms with E-state index in [1.54, 1.807) is 0 Å². The Labute approximate surface area is 77.8 Å². The summed E-state index contributed by atoms with van der Waals surface area (Å²) in [5, 5.41) is 3.35. The normalized spacial score (nSPS) is 19.7. The first-order chi connectivity index (χ1) is 6.33. The van der Waals surface area contributed by atoms with Gasteiger partial charge in [0, 0.05) is 18.2 Å². The summed E-state index contributed by atoms with van der Waals surface area (Å²) >= 11 is 0. The van der Waals surface area contributed by atoms with Crippen LogP contribution in [-0.2, 0) is 11.4 Å². The summed E-state index contributed by atoms with van der Waals surface area (Å²) in [6, 6.07) is 6.19. The van der Waals surface area contributed by atoms with Gasteiger partial charge in [-0.25, -0.2) is 5.90 Å². The molecule has 0 radical (unpaired) electrons. The average Bonchev–Trinajstić information content (AvgIpc) is 2.50. The number of nitrogens with one attached hydrogen (secondary N) is 1. The van der Waals surface area contributed by atoms with Gasteiger partial charge in [0.2, 0.25) is 0 Å². The molecule has 2 rings (SSSR count). The van der Waals surface area contributed by atoms with E-state index in [1.807, 2.05) is 6.07 Å². The van der Waals surface area contributed by atoms with Crippen LogP contribution in [0.5, 0.6) is 0 Å². The van der Waals surface area contributed by atoms with Crippen molar-refractivity contribution < 1.29 is 4.84 Å². The molecule has 3 nitrogen and oxygen atoms in total. The Morgan fingerprint density at radius 1 is 1.62 bits per heavy atom. The van der Waals surface area contributed by atoms with E-state index < -0.39 is 0 Å². The zero-order chi connectivity index (χ0) is 9.26. The largest absolute Gasteiger partial charge is 0.384 e. The zero-order valence-electron chi connectivity index (χ0n) is 7.71. The fourth-order valence-electron chi connectivity index (χ4n) is 1.93. The molecule has 1 heterocycles. The van der Waals surface area contributed by atoms with Crippen LogP contribution in [0.15, 0.2) is 18.2 Å². The lowest BCUT2D eigenvalue weighted by Crippen LogP contribution is -2.03. The maximum Gasteiger partial charge on any atom is 0.0933 e. The first-order valence-electron chi connectivity index (χ1n) is 4.50. The summed E-state index contributed by atoms with van der Waals surface area (Å²) in [4.78, 5) is 4.67. The average molecular weight is 178 g/mol. The highest BCUT2D eigenvalue weighted by atomic mass is 16.6. The predicted molar refractivity (Wildman–Crippen MR) is 52.3 cm³/mol. The smallest absolute Gasteiger partial charge is 0.0933 e. The standard InChI is InChI=1S/C10H14N2O/c1-7-5-12-9-4-2-3-8(6-13-11)10(7)9/h2-4,7,12H,5-6,11H2,1H3. The van der Waals surface area contributed by atoms with E-state index in [0.29, 0.717) is 12.5 Å². The van der Waals surface area contributed by atoms with Crippen molar-refractivity contribution in [3.05, 3.63) is 29.3 Å². The van der Waals surface area contributed by atoms with Crippen molar-refractivity contribution in [2.24, 2.45) is 5.90 Å². The number of rotatable bonds is 2. The Balaban J connectivity index is 2.41. The van der Waals surface area contributed by atoms with E-state index in [0.717, 1.165) is 6.54 Å². The van der Waals surface area contributed by atoms with E-state index in [1.165, 1.54) is 16.8 Å². The molecule has 13 heavy (non-hydrogen) atoms. The number of benzene rings is 1. The van der Waals surface area contributed by atoms with Gasteiger partial charge in [-0.2, -0.15) is 0 Å². The Kier molecular flexibility index (Phi) is 2.20. The van der Waals surface area contributed by atoms with Crippen molar-refractivity contribution in [1.29, 1.82) is 0 Å². The minimum absolute atomic E-state index is 0.495. The van der Waals surface area contributed by atoms with Crippen molar-refractivity contribution >= 4 is 5.69 Å². The Morgan fingerprint density at radius 3 is 3.23 bits per heavy atom. The molecule has 0 aliphatic carbocycles. The van der Waals surface area contributed by atoms with Crippen molar-refractivity contribution in [3.8, 4) is 0 Å². The van der Waals surface area contributed by atoms with Gasteiger partial charge >= 0.3 is 0 Å². The molecular weight excluding hydrogens is 164 g/mol. The van der Waals surface area contributed by atoms with Crippen LogP contribution in [0.3, 0.4) is 0 Å². The third-order valence-electron chi connectivity index (χ3n) is 2.53. The topological polar surface area (TPSA) is 47.3 Å². The van der Waals surface area contributed by atoms with Gasteiger partial charge in [0.05, 0.1) is 6.61 Å². The monoisotopic (exact) mass is 178 g/mol. The lowest BCUT2D eigenvalue weighted by atomic mass is 9.98. The van der Waals surface area contributed by atoms with Crippen molar-refractivity contribution in [3.63, 3.8) is 0 Å². The van der Waals surface area contributed by atoms with Crippen LogP contribution in [0.4, 0.5) is 5.69 Å². The molecule has 0 bridgehead atoms. The SMILES string of the molecule is CC1CNc2cccc(CON)c21. The molecule has 0 fully saturated rings. The van der Waals surface area contributed by atoms with Crippen LogP contribution in [0.25, 0.3) is 0 Å². The molecule has 0 spiro atoms. The summed E-state index contributed by atoms with van der Waals surface area (Å²) in [7, 11) is 0. The Hall–Kier alpha value is -1.06. The number of fused-ring (bicyclic) bond motifs is 1. The Morgan fingerprint density at radius 2 is 2.46 bits per heavy atom. The van der Waals surface area contributed by atoms with Crippen LogP contribution < -0.4 is 11.2 Å². The van der Waals surface area contributed by atoms with Gasteiger partial charge in [-0.3, -0.25) is 4.84 Å². The summed E-state index contributed by atoms with van der Waals surface area (Å²) in [6.07, 6.45) is 0. The van der Waals surface area contributed by atoms with E-state index in [9.17, 15) is 0 Å². The number of hydrogen-bond donors (Lipinski definition) is 2. The molecule has 0 saturated heterocycles. The van der Waals surface area contributed by atoms with E-state index >= 15 is 0 Å². The van der Waals surface area contributed by atoms with Crippen molar-refractivity contribution in [1.82, 2.24) is 0 Å². The third-order valence-corrected chi connectivity index (χ3v) is 2.53. The fraction of sp³-hybridized carbons (Fsp3) is 0.400. The molecule has 0 amide bonds. The van der Waals surface area contributed by atoms with Gasteiger partial charge in [0.1, 0.15) is 0 Å². The first-order valence-corrected chi connectivity index (χ1v) is 4.50. The van der Waals surface area contributed by atoms with Gasteiger partial charge in [0.15, 0.2) is 0 Å². The second-order valence-electron chi connectivity index (χ2n) is 3.47. The third kappa shape index (κ3) is 1.41. The van der Waals surface area contributed by atoms with E-state index in [4.69, 9.17) is 5.90 Å². The summed E-state index contributed by atoms with van der Waals surface area (Å²) in [5.41, 5.74) is 3.77. The second-order valence-corrected chi connectivity index (χ2v) is 3.47. The van der Waals surface area contributed by atoms with E-state index in [-0.39, 0.29) is 0 Å². The van der Waals surface area contributed by atoms with Crippen LogP contribution in [0, 0.1) is 0 Å². The quantitative estimate of drug-likeness (QED) is 0.676. The summed E-state index contributed by atoms with van der Waals surface area (Å²) in [6.45, 7) is 3.71. The predicted octanol–water partition coefficient (Wildman–Crippen LogP) is 1.61. The lowest BCUT2D eigenvalue weighted by molar-refractivity contribution is 0.123. The lowest BCUT2D eigenvalue weighted by Gasteiger charge is -2.09. The van der Waals surface area contributed by atoms with Gasteiger partial charge < -0.3 is 5.32 Å². The Bertz CT molecular complexity index is 312. The maximum absolute atomic E-state index is 5.08. The molecule has 1 atom stereocenters. The van der Waals surface area contributed by atoms with Crippen LogP contribution in [-0.4, -0.2) is 6.54 Å². The molecule has 3 heteroatoms. The molecule has 3 N–H and O–H groups in total. The highest BCUT2D eigenvalue weighted by Gasteiger charge is 2.20. The molecule has 0 saturated carbocycles. The number of hydrogen-bond acceptors (Lipinski definition) is 3. The molecule has 70 valence electrons. The van der Waals surface area contributed by atoms with Crippen molar-refractivity contribution in [2.45, 2.75) is 19.4 Å². The zero-order valence-corrected chi connectivity index (χ0v) is 7.71. The molecule has 1 aliphatic rings. The van der Waals surface area contributed by atoms with Gasteiger partial charge in [-0.1, -0.05) is 19.1 Å². The fourth-order valence-corrected chi connectivity index (χ4v) is 1.93. The van der Waals surface area contributed by atoms with Gasteiger partial charge in [0.25, 0.3) is 0 Å². The summed E-state index contributed by atoms with van der Waals surface area (Å²) in [5.74, 6) is 5.64. The molecule has 1 aliphatic heterocycles. The van der Waals surface area contributed by atoms with E-state index in [2.05, 4.69) is 29.2 Å². The van der Waals surface area contributed by atoms with Crippen LogP contribution in [0.1, 0.15) is 24.0 Å². The highest BCUT2D eigenvalue weighted by Crippen LogP contribution is 2.33. The number of nitrogens with two attached hydrogens (primary N) is 1. The molecule has 1 unspecified atom stereocenters. The molecular formula is C10H14N2O. The molecule has 1 aromatic rings. The van der Waals surface area contributed by atoms with Crippen LogP contribution >= 0.6 is 0 Å². The van der Waals surface area contributed by atoms with Crippen LogP contribution in [0.2, 0.25) is 0 Å². The first kappa shape index (κ1) is 8.53. The highest BCUT2D eigenvalue weighted by molar-refractivity contribution is 5.60. The second kappa shape index (κ2) is 3.36. The number of anilines is 1. The molecule has 0 aromatic heterocycles. The minimum atomic E-state index is 0.495. The maximum atomic E-state index is 5.08.